The number of carbonyl (C=O) groups is 2. The zero-order valence-electron chi connectivity index (χ0n) is 11.0. The Labute approximate surface area is 112 Å². The lowest BCUT2D eigenvalue weighted by molar-refractivity contribution is -0.116. The highest BCUT2D eigenvalue weighted by molar-refractivity contribution is 5.97. The van der Waals surface area contributed by atoms with Crippen molar-refractivity contribution in [3.05, 3.63) is 29.8 Å². The molecule has 1 aliphatic heterocycles. The SMILES string of the molecule is CNC(=O)c1cccc(NC(=O)CC2CCNC2)c1. The molecule has 1 aromatic rings. The molecule has 0 bridgehead atoms. The van der Waals surface area contributed by atoms with Gasteiger partial charge in [-0.25, -0.2) is 0 Å². The summed E-state index contributed by atoms with van der Waals surface area (Å²) in [4.78, 5) is 23.4. The summed E-state index contributed by atoms with van der Waals surface area (Å²) in [5.74, 6) is 0.265. The van der Waals surface area contributed by atoms with Gasteiger partial charge in [-0.2, -0.15) is 0 Å². The predicted octanol–water partition coefficient (Wildman–Crippen LogP) is 0.984. The third kappa shape index (κ3) is 3.79. The molecule has 1 heterocycles. The third-order valence-corrected chi connectivity index (χ3v) is 3.27. The van der Waals surface area contributed by atoms with Crippen molar-refractivity contribution >= 4 is 17.5 Å². The Morgan fingerprint density at radius 2 is 2.26 bits per heavy atom. The first kappa shape index (κ1) is 13.5. The van der Waals surface area contributed by atoms with E-state index >= 15 is 0 Å². The Balaban J connectivity index is 1.94. The quantitative estimate of drug-likeness (QED) is 0.757. The van der Waals surface area contributed by atoms with E-state index in [2.05, 4.69) is 16.0 Å². The second kappa shape index (κ2) is 6.33. The van der Waals surface area contributed by atoms with Crippen LogP contribution in [0.2, 0.25) is 0 Å². The zero-order chi connectivity index (χ0) is 13.7. The molecule has 5 nitrogen and oxygen atoms in total. The molecule has 1 aromatic carbocycles. The summed E-state index contributed by atoms with van der Waals surface area (Å²) in [7, 11) is 1.58. The molecular weight excluding hydrogens is 242 g/mol. The van der Waals surface area contributed by atoms with Gasteiger partial charge in [-0.3, -0.25) is 9.59 Å². The van der Waals surface area contributed by atoms with Gasteiger partial charge >= 0.3 is 0 Å². The van der Waals surface area contributed by atoms with Crippen LogP contribution in [0, 0.1) is 5.92 Å². The monoisotopic (exact) mass is 261 g/mol. The highest BCUT2D eigenvalue weighted by atomic mass is 16.2. The molecule has 1 saturated heterocycles. The molecule has 2 amide bonds. The van der Waals surface area contributed by atoms with Crippen LogP contribution in [0.15, 0.2) is 24.3 Å². The molecule has 0 spiro atoms. The molecule has 1 fully saturated rings. The number of rotatable bonds is 4. The molecule has 3 N–H and O–H groups in total. The largest absolute Gasteiger partial charge is 0.355 e. The molecule has 0 aliphatic carbocycles. The lowest BCUT2D eigenvalue weighted by Gasteiger charge is -2.10. The second-order valence-corrected chi connectivity index (χ2v) is 4.77. The Morgan fingerprint density at radius 1 is 1.42 bits per heavy atom. The molecule has 102 valence electrons. The summed E-state index contributed by atoms with van der Waals surface area (Å²) in [6.07, 6.45) is 1.57. The van der Waals surface area contributed by atoms with Crippen molar-refractivity contribution in [2.24, 2.45) is 5.92 Å². The van der Waals surface area contributed by atoms with Gasteiger partial charge in [0.15, 0.2) is 0 Å². The van der Waals surface area contributed by atoms with Crippen molar-refractivity contribution in [1.82, 2.24) is 10.6 Å². The van der Waals surface area contributed by atoms with Crippen LogP contribution in [0.25, 0.3) is 0 Å². The predicted molar refractivity (Wildman–Crippen MR) is 74.1 cm³/mol. The Morgan fingerprint density at radius 3 is 2.95 bits per heavy atom. The summed E-state index contributed by atoms with van der Waals surface area (Å²) in [5, 5.41) is 8.64. The summed E-state index contributed by atoms with van der Waals surface area (Å²) >= 11 is 0. The van der Waals surface area contributed by atoms with E-state index in [0.717, 1.165) is 19.5 Å². The average molecular weight is 261 g/mol. The first-order chi connectivity index (χ1) is 9.19. The van der Waals surface area contributed by atoms with Crippen LogP contribution >= 0.6 is 0 Å². The van der Waals surface area contributed by atoms with E-state index in [1.165, 1.54) is 0 Å². The van der Waals surface area contributed by atoms with E-state index in [4.69, 9.17) is 0 Å². The Kier molecular flexibility index (Phi) is 4.52. The van der Waals surface area contributed by atoms with E-state index in [1.54, 1.807) is 31.3 Å². The molecular formula is C14H19N3O2. The lowest BCUT2D eigenvalue weighted by Crippen LogP contribution is -2.20. The molecule has 1 unspecified atom stereocenters. The maximum atomic E-state index is 11.9. The van der Waals surface area contributed by atoms with Crippen molar-refractivity contribution in [1.29, 1.82) is 0 Å². The smallest absolute Gasteiger partial charge is 0.251 e. The lowest BCUT2D eigenvalue weighted by atomic mass is 10.0. The Bertz CT molecular complexity index is 468. The van der Waals surface area contributed by atoms with E-state index in [-0.39, 0.29) is 11.8 Å². The van der Waals surface area contributed by atoms with Gasteiger partial charge < -0.3 is 16.0 Å². The fraction of sp³-hybridized carbons (Fsp3) is 0.429. The van der Waals surface area contributed by atoms with Crippen LogP contribution in [0.4, 0.5) is 5.69 Å². The van der Waals surface area contributed by atoms with Gasteiger partial charge in [0.25, 0.3) is 5.91 Å². The molecule has 0 radical (unpaired) electrons. The van der Waals surface area contributed by atoms with Gasteiger partial charge in [-0.1, -0.05) is 6.07 Å². The number of hydrogen-bond donors (Lipinski definition) is 3. The summed E-state index contributed by atoms with van der Waals surface area (Å²) < 4.78 is 0. The third-order valence-electron chi connectivity index (χ3n) is 3.27. The summed E-state index contributed by atoms with van der Waals surface area (Å²) in [6.45, 7) is 1.90. The fourth-order valence-electron chi connectivity index (χ4n) is 2.25. The number of hydrogen-bond acceptors (Lipinski definition) is 3. The molecule has 0 aromatic heterocycles. The van der Waals surface area contributed by atoms with Crippen molar-refractivity contribution in [3.8, 4) is 0 Å². The van der Waals surface area contributed by atoms with E-state index in [1.807, 2.05) is 0 Å². The zero-order valence-corrected chi connectivity index (χ0v) is 11.0. The van der Waals surface area contributed by atoms with E-state index < -0.39 is 0 Å². The van der Waals surface area contributed by atoms with Gasteiger partial charge in [-0.15, -0.1) is 0 Å². The highest BCUT2D eigenvalue weighted by Gasteiger charge is 2.18. The normalized spacial score (nSPS) is 18.1. The summed E-state index contributed by atoms with van der Waals surface area (Å²) in [5.41, 5.74) is 1.21. The van der Waals surface area contributed by atoms with Crippen LogP contribution in [0.3, 0.4) is 0 Å². The van der Waals surface area contributed by atoms with Crippen LogP contribution in [-0.4, -0.2) is 32.0 Å². The van der Waals surface area contributed by atoms with Crippen LogP contribution in [-0.2, 0) is 4.79 Å². The van der Waals surface area contributed by atoms with Gasteiger partial charge in [0.2, 0.25) is 5.91 Å². The number of carbonyl (C=O) groups excluding carboxylic acids is 2. The van der Waals surface area contributed by atoms with Gasteiger partial charge in [0.1, 0.15) is 0 Å². The number of anilines is 1. The molecule has 0 saturated carbocycles. The molecule has 2 rings (SSSR count). The van der Waals surface area contributed by atoms with Crippen LogP contribution in [0.1, 0.15) is 23.2 Å². The number of amides is 2. The minimum atomic E-state index is -0.156. The standard InChI is InChI=1S/C14H19N3O2/c1-15-14(19)11-3-2-4-12(8-11)17-13(18)7-10-5-6-16-9-10/h2-4,8,10,16H,5-7,9H2,1H3,(H,15,19)(H,17,18). The fourth-order valence-corrected chi connectivity index (χ4v) is 2.25. The van der Waals surface area contributed by atoms with Crippen molar-refractivity contribution in [2.75, 3.05) is 25.5 Å². The van der Waals surface area contributed by atoms with Crippen LogP contribution < -0.4 is 16.0 Å². The van der Waals surface area contributed by atoms with Gasteiger partial charge in [-0.05, 0) is 43.6 Å². The maximum Gasteiger partial charge on any atom is 0.251 e. The molecule has 19 heavy (non-hydrogen) atoms. The van der Waals surface area contributed by atoms with Crippen molar-refractivity contribution < 1.29 is 9.59 Å². The first-order valence-corrected chi connectivity index (χ1v) is 6.52. The topological polar surface area (TPSA) is 70.2 Å². The average Bonchev–Trinajstić information content (AvgIpc) is 2.90. The molecule has 5 heteroatoms. The van der Waals surface area contributed by atoms with Crippen LogP contribution in [0.5, 0.6) is 0 Å². The first-order valence-electron chi connectivity index (χ1n) is 6.52. The maximum absolute atomic E-state index is 11.9. The van der Waals surface area contributed by atoms with E-state index in [9.17, 15) is 9.59 Å². The van der Waals surface area contributed by atoms with Crippen molar-refractivity contribution in [2.45, 2.75) is 12.8 Å². The van der Waals surface area contributed by atoms with Crippen molar-refractivity contribution in [3.63, 3.8) is 0 Å². The number of nitrogens with one attached hydrogen (secondary N) is 3. The highest BCUT2D eigenvalue weighted by Crippen LogP contribution is 2.15. The number of benzene rings is 1. The minimum absolute atomic E-state index is 0.00255. The molecule has 1 atom stereocenters. The van der Waals surface area contributed by atoms with Gasteiger partial charge in [0.05, 0.1) is 0 Å². The van der Waals surface area contributed by atoms with Gasteiger partial charge in [0, 0.05) is 24.7 Å². The Hall–Kier alpha value is -1.88. The van der Waals surface area contributed by atoms with E-state index in [0.29, 0.717) is 23.6 Å². The minimum Gasteiger partial charge on any atom is -0.355 e. The summed E-state index contributed by atoms with van der Waals surface area (Å²) in [6, 6.07) is 6.95. The second-order valence-electron chi connectivity index (χ2n) is 4.77. The molecule has 1 aliphatic rings.